The Hall–Kier alpha value is -2.29. The van der Waals surface area contributed by atoms with Gasteiger partial charge in [0.15, 0.2) is 5.78 Å². The highest BCUT2D eigenvalue weighted by Crippen LogP contribution is 2.26. The Bertz CT molecular complexity index is 963. The van der Waals surface area contributed by atoms with Crippen LogP contribution < -0.4 is 4.90 Å². The largest absolute Gasteiger partial charge is 0.357 e. The molecule has 30 heavy (non-hydrogen) atoms. The molecule has 1 aromatic heterocycles. The van der Waals surface area contributed by atoms with E-state index >= 15 is 0 Å². The first-order chi connectivity index (χ1) is 14.4. The fourth-order valence-corrected chi connectivity index (χ4v) is 5.47. The van der Waals surface area contributed by atoms with E-state index < -0.39 is 10.0 Å². The number of pyridine rings is 1. The van der Waals surface area contributed by atoms with Gasteiger partial charge in [-0.3, -0.25) is 4.79 Å². The topological polar surface area (TPSA) is 73.8 Å². The second-order valence-electron chi connectivity index (χ2n) is 8.05. The number of sulfonamides is 1. The van der Waals surface area contributed by atoms with E-state index in [-0.39, 0.29) is 16.6 Å². The molecule has 2 aliphatic rings. The zero-order valence-corrected chi connectivity index (χ0v) is 18.1. The Morgan fingerprint density at radius 1 is 0.933 bits per heavy atom. The Kier molecular flexibility index (Phi) is 6.17. The number of nitrogens with zero attached hydrogens (tertiary/aromatic N) is 4. The number of aromatic nitrogens is 1. The summed E-state index contributed by atoms with van der Waals surface area (Å²) in [6.45, 7) is 3.96. The molecule has 0 radical (unpaired) electrons. The van der Waals surface area contributed by atoms with E-state index in [0.29, 0.717) is 13.1 Å². The van der Waals surface area contributed by atoms with Gasteiger partial charge in [-0.05, 0) is 32.0 Å². The number of carbonyl (C=O) groups is 1. The first-order valence-electron chi connectivity index (χ1n) is 10.4. The van der Waals surface area contributed by atoms with Crippen molar-refractivity contribution in [1.29, 1.82) is 0 Å². The number of benzene rings is 1. The summed E-state index contributed by atoms with van der Waals surface area (Å²) in [6, 6.07) is 12.9. The lowest BCUT2D eigenvalue weighted by Gasteiger charge is -2.33. The molecule has 160 valence electrons. The number of ketones is 1. The number of carbonyl (C=O) groups excluding carboxylic acids is 1. The molecule has 2 saturated heterocycles. The number of hydrogen-bond acceptors (Lipinski definition) is 6. The molecule has 4 rings (SSSR count). The molecule has 0 saturated carbocycles. The van der Waals surface area contributed by atoms with Crippen LogP contribution in [-0.2, 0) is 10.0 Å². The molecule has 0 unspecified atom stereocenters. The molecule has 0 atom stereocenters. The zero-order valence-electron chi connectivity index (χ0n) is 17.3. The molecule has 1 aromatic carbocycles. The molecular weight excluding hydrogens is 400 g/mol. The van der Waals surface area contributed by atoms with E-state index in [9.17, 15) is 13.2 Å². The number of piperazine rings is 1. The summed E-state index contributed by atoms with van der Waals surface area (Å²) >= 11 is 0. The number of likely N-dealkylation sites (N-methyl/N-ethyl adjacent to an activating group) is 1. The van der Waals surface area contributed by atoms with Gasteiger partial charge in [-0.25, -0.2) is 13.4 Å². The summed E-state index contributed by atoms with van der Waals surface area (Å²) in [6.07, 6.45) is 3.01. The van der Waals surface area contributed by atoms with Crippen LogP contribution in [0.4, 0.5) is 5.82 Å². The fraction of sp³-hybridized carbons (Fsp3) is 0.455. The first-order valence-corrected chi connectivity index (χ1v) is 11.9. The van der Waals surface area contributed by atoms with Crippen LogP contribution in [0.1, 0.15) is 23.2 Å². The van der Waals surface area contributed by atoms with E-state index in [4.69, 9.17) is 0 Å². The molecule has 0 spiro atoms. The molecule has 8 heteroatoms. The molecular formula is C22H28N4O3S. The van der Waals surface area contributed by atoms with Crippen molar-refractivity contribution >= 4 is 21.6 Å². The molecule has 0 amide bonds. The lowest BCUT2D eigenvalue weighted by molar-refractivity contribution is 0.0900. The lowest BCUT2D eigenvalue weighted by atomic mass is 9.89. The van der Waals surface area contributed by atoms with E-state index in [1.54, 1.807) is 12.1 Å². The van der Waals surface area contributed by atoms with Crippen molar-refractivity contribution in [2.45, 2.75) is 17.7 Å². The van der Waals surface area contributed by atoms with E-state index in [0.717, 1.165) is 50.4 Å². The predicted molar refractivity (Wildman–Crippen MR) is 116 cm³/mol. The Labute approximate surface area is 178 Å². The van der Waals surface area contributed by atoms with E-state index in [1.807, 2.05) is 37.4 Å². The third-order valence-corrected chi connectivity index (χ3v) is 7.95. The average Bonchev–Trinajstić information content (AvgIpc) is 2.80. The second kappa shape index (κ2) is 8.83. The van der Waals surface area contributed by atoms with Crippen LogP contribution in [0.3, 0.4) is 0 Å². The number of rotatable bonds is 5. The molecule has 0 aliphatic carbocycles. The third-order valence-electron chi connectivity index (χ3n) is 6.07. The standard InChI is InChI=1S/C22H28N4O3S/c1-24-13-15-26(16-14-24)30(28,29)20-7-8-21(23-17-20)25-11-9-19(10-12-25)22(27)18-5-3-2-4-6-18/h2-8,17,19H,9-16H2,1H3. The number of piperidine rings is 1. The molecule has 0 N–H and O–H groups in total. The van der Waals surface area contributed by atoms with Gasteiger partial charge in [-0.2, -0.15) is 4.31 Å². The number of Topliss-reactive ketones (excluding diaryl/α,β-unsaturated/α-hetero) is 1. The van der Waals surface area contributed by atoms with Crippen LogP contribution in [-0.4, -0.2) is 74.7 Å². The number of hydrogen-bond donors (Lipinski definition) is 0. The summed E-state index contributed by atoms with van der Waals surface area (Å²) in [7, 11) is -1.51. The maximum absolute atomic E-state index is 12.9. The van der Waals surface area contributed by atoms with Gasteiger partial charge in [-0.15, -0.1) is 0 Å². The van der Waals surface area contributed by atoms with Crippen LogP contribution >= 0.6 is 0 Å². The van der Waals surface area contributed by atoms with Crippen molar-refractivity contribution in [3.63, 3.8) is 0 Å². The highest BCUT2D eigenvalue weighted by molar-refractivity contribution is 7.89. The SMILES string of the molecule is CN1CCN(S(=O)(=O)c2ccc(N3CCC(C(=O)c4ccccc4)CC3)nc2)CC1. The van der Waals surface area contributed by atoms with E-state index in [2.05, 4.69) is 14.8 Å². The van der Waals surface area contributed by atoms with Gasteiger partial charge in [-0.1, -0.05) is 30.3 Å². The Morgan fingerprint density at radius 3 is 2.20 bits per heavy atom. The van der Waals surface area contributed by atoms with Gasteiger partial charge < -0.3 is 9.80 Å². The minimum Gasteiger partial charge on any atom is -0.357 e. The van der Waals surface area contributed by atoms with Crippen molar-refractivity contribution in [3.05, 3.63) is 54.2 Å². The monoisotopic (exact) mass is 428 g/mol. The summed E-state index contributed by atoms with van der Waals surface area (Å²) < 4.78 is 27.2. The first kappa shape index (κ1) is 21.0. The van der Waals surface area contributed by atoms with Crippen molar-refractivity contribution in [2.75, 3.05) is 51.2 Å². The quantitative estimate of drug-likeness (QED) is 0.679. The third kappa shape index (κ3) is 4.40. The minimum atomic E-state index is -3.50. The molecule has 3 heterocycles. The van der Waals surface area contributed by atoms with Crippen LogP contribution in [0.2, 0.25) is 0 Å². The molecule has 7 nitrogen and oxygen atoms in total. The predicted octanol–water partition coefficient (Wildman–Crippen LogP) is 2.12. The zero-order chi connectivity index (χ0) is 21.1. The van der Waals surface area contributed by atoms with Crippen molar-refractivity contribution < 1.29 is 13.2 Å². The highest BCUT2D eigenvalue weighted by atomic mass is 32.2. The van der Waals surface area contributed by atoms with Crippen molar-refractivity contribution in [3.8, 4) is 0 Å². The Morgan fingerprint density at radius 2 is 1.60 bits per heavy atom. The van der Waals surface area contributed by atoms with Gasteiger partial charge in [0, 0.05) is 56.9 Å². The maximum atomic E-state index is 12.9. The van der Waals surface area contributed by atoms with Crippen LogP contribution in [0.5, 0.6) is 0 Å². The average molecular weight is 429 g/mol. The van der Waals surface area contributed by atoms with Gasteiger partial charge in [0.1, 0.15) is 10.7 Å². The summed E-state index contributed by atoms with van der Waals surface area (Å²) in [5.74, 6) is 0.996. The van der Waals surface area contributed by atoms with E-state index in [1.165, 1.54) is 10.5 Å². The molecule has 0 bridgehead atoms. The van der Waals surface area contributed by atoms with Crippen molar-refractivity contribution in [2.24, 2.45) is 5.92 Å². The number of anilines is 1. The molecule has 2 aromatic rings. The minimum absolute atomic E-state index is 0.0283. The highest BCUT2D eigenvalue weighted by Gasteiger charge is 2.29. The van der Waals surface area contributed by atoms with Crippen LogP contribution in [0.25, 0.3) is 0 Å². The van der Waals surface area contributed by atoms with Crippen molar-refractivity contribution in [1.82, 2.24) is 14.2 Å². The molecule has 2 fully saturated rings. The van der Waals surface area contributed by atoms with Gasteiger partial charge in [0.2, 0.25) is 10.0 Å². The Balaban J connectivity index is 1.38. The van der Waals surface area contributed by atoms with Crippen LogP contribution in [0.15, 0.2) is 53.6 Å². The van der Waals surface area contributed by atoms with Gasteiger partial charge in [0.25, 0.3) is 0 Å². The smallest absolute Gasteiger partial charge is 0.244 e. The van der Waals surface area contributed by atoms with Gasteiger partial charge >= 0.3 is 0 Å². The summed E-state index contributed by atoms with van der Waals surface area (Å²) in [5, 5.41) is 0. The van der Waals surface area contributed by atoms with Crippen LogP contribution in [0, 0.1) is 5.92 Å². The lowest BCUT2D eigenvalue weighted by Crippen LogP contribution is -2.47. The maximum Gasteiger partial charge on any atom is 0.244 e. The summed E-state index contributed by atoms with van der Waals surface area (Å²) in [4.78, 5) is 21.6. The molecule has 2 aliphatic heterocycles. The second-order valence-corrected chi connectivity index (χ2v) is 9.99. The van der Waals surface area contributed by atoms with Gasteiger partial charge in [0.05, 0.1) is 0 Å². The summed E-state index contributed by atoms with van der Waals surface area (Å²) in [5.41, 5.74) is 0.771. The normalized spacial score (nSPS) is 19.7. The fourth-order valence-electron chi connectivity index (χ4n) is 4.10.